The van der Waals surface area contributed by atoms with Crippen molar-refractivity contribution >= 4 is 5.91 Å². The molecule has 6 heteroatoms. The first-order valence-corrected chi connectivity index (χ1v) is 5.72. The maximum absolute atomic E-state index is 10.9. The minimum atomic E-state index is -0.544. The van der Waals surface area contributed by atoms with E-state index in [0.717, 1.165) is 18.7 Å². The van der Waals surface area contributed by atoms with E-state index in [9.17, 15) is 4.79 Å². The normalized spacial score (nSPS) is 10.5. The Hall–Kier alpha value is -2.21. The molecule has 1 amide bonds. The first-order valence-electron chi connectivity index (χ1n) is 5.72. The molecule has 0 saturated heterocycles. The molecule has 0 bridgehead atoms. The second-order valence-electron chi connectivity index (χ2n) is 3.81. The molecule has 0 aliphatic carbocycles. The number of carbonyl (C=O) groups excluding carboxylic acids is 1. The number of nitrogens with one attached hydrogen (secondary N) is 1. The van der Waals surface area contributed by atoms with Gasteiger partial charge in [-0.05, 0) is 24.2 Å². The van der Waals surface area contributed by atoms with Gasteiger partial charge in [0.15, 0.2) is 5.82 Å². The van der Waals surface area contributed by atoms with Gasteiger partial charge >= 0.3 is 0 Å². The summed E-state index contributed by atoms with van der Waals surface area (Å²) in [6.07, 6.45) is 3.44. The molecule has 0 fully saturated rings. The highest BCUT2D eigenvalue weighted by atomic mass is 16.1. The number of carbonyl (C=O) groups is 1. The lowest BCUT2D eigenvalue weighted by molar-refractivity contribution is 0.0995. The summed E-state index contributed by atoms with van der Waals surface area (Å²) in [4.78, 5) is 15.2. The van der Waals surface area contributed by atoms with Gasteiger partial charge in [0.05, 0.1) is 0 Å². The lowest BCUT2D eigenvalue weighted by Gasteiger charge is -2.03. The molecule has 2 aromatic heterocycles. The number of nitrogens with zero attached hydrogens (tertiary/aromatic N) is 3. The molecule has 0 unspecified atom stereocenters. The van der Waals surface area contributed by atoms with Crippen LogP contribution in [0.4, 0.5) is 0 Å². The van der Waals surface area contributed by atoms with Gasteiger partial charge in [-0.2, -0.15) is 5.10 Å². The van der Waals surface area contributed by atoms with Crippen LogP contribution < -0.4 is 11.1 Å². The Morgan fingerprint density at radius 1 is 1.44 bits per heavy atom. The first kappa shape index (κ1) is 12.3. The lowest BCUT2D eigenvalue weighted by atomic mass is 10.3. The number of nitrogens with two attached hydrogens (primary N) is 1. The topological polar surface area (TPSA) is 85.8 Å². The van der Waals surface area contributed by atoms with Crippen molar-refractivity contribution in [2.45, 2.75) is 13.5 Å². The van der Waals surface area contributed by atoms with E-state index in [4.69, 9.17) is 5.73 Å². The standard InChI is InChI=1S/C12H15N5O/c1-2-14-7-9-3-4-11(15-8-9)17-6-5-10(16-17)12(13)18/h3-6,8,14H,2,7H2,1H3,(H2,13,18). The minimum Gasteiger partial charge on any atom is -0.364 e. The molecule has 0 saturated carbocycles. The predicted octanol–water partition coefficient (Wildman–Crippen LogP) is 0.476. The van der Waals surface area contributed by atoms with Crippen molar-refractivity contribution in [3.8, 4) is 5.82 Å². The molecular weight excluding hydrogens is 230 g/mol. The summed E-state index contributed by atoms with van der Waals surface area (Å²) in [6.45, 7) is 3.76. The summed E-state index contributed by atoms with van der Waals surface area (Å²) >= 11 is 0. The van der Waals surface area contributed by atoms with Gasteiger partial charge < -0.3 is 11.1 Å². The van der Waals surface area contributed by atoms with Gasteiger partial charge in [-0.1, -0.05) is 13.0 Å². The molecule has 0 atom stereocenters. The van der Waals surface area contributed by atoms with Crippen LogP contribution in [0.2, 0.25) is 0 Å². The molecule has 2 rings (SSSR count). The highest BCUT2D eigenvalue weighted by Crippen LogP contribution is 2.06. The zero-order valence-corrected chi connectivity index (χ0v) is 10.1. The van der Waals surface area contributed by atoms with E-state index in [1.165, 1.54) is 4.68 Å². The van der Waals surface area contributed by atoms with E-state index < -0.39 is 5.91 Å². The average Bonchev–Trinajstić information content (AvgIpc) is 2.87. The largest absolute Gasteiger partial charge is 0.364 e. The predicted molar refractivity (Wildman–Crippen MR) is 67.3 cm³/mol. The van der Waals surface area contributed by atoms with Gasteiger partial charge in [0.25, 0.3) is 5.91 Å². The Bertz CT molecular complexity index is 532. The van der Waals surface area contributed by atoms with Crippen LogP contribution in [0.5, 0.6) is 0 Å². The van der Waals surface area contributed by atoms with Crippen molar-refractivity contribution in [3.63, 3.8) is 0 Å². The molecule has 0 spiro atoms. The highest BCUT2D eigenvalue weighted by Gasteiger charge is 2.06. The summed E-state index contributed by atoms with van der Waals surface area (Å²) in [7, 11) is 0. The van der Waals surface area contributed by atoms with Crippen LogP contribution in [0.15, 0.2) is 30.6 Å². The molecule has 2 aromatic rings. The smallest absolute Gasteiger partial charge is 0.269 e. The van der Waals surface area contributed by atoms with Gasteiger partial charge in [0.2, 0.25) is 0 Å². The van der Waals surface area contributed by atoms with Crippen LogP contribution in [0.25, 0.3) is 5.82 Å². The Labute approximate surface area is 105 Å². The van der Waals surface area contributed by atoms with Crippen molar-refractivity contribution in [1.29, 1.82) is 0 Å². The number of hydrogen-bond acceptors (Lipinski definition) is 4. The van der Waals surface area contributed by atoms with Crippen molar-refractivity contribution in [3.05, 3.63) is 41.9 Å². The molecule has 0 aliphatic rings. The van der Waals surface area contributed by atoms with Crippen LogP contribution in [0.1, 0.15) is 23.0 Å². The van der Waals surface area contributed by atoms with Crippen LogP contribution in [0.3, 0.4) is 0 Å². The summed E-state index contributed by atoms with van der Waals surface area (Å²) < 4.78 is 1.52. The molecule has 0 aliphatic heterocycles. The van der Waals surface area contributed by atoms with Crippen molar-refractivity contribution in [1.82, 2.24) is 20.1 Å². The average molecular weight is 245 g/mol. The van der Waals surface area contributed by atoms with Crippen molar-refractivity contribution in [2.24, 2.45) is 5.73 Å². The van der Waals surface area contributed by atoms with Crippen LogP contribution >= 0.6 is 0 Å². The van der Waals surface area contributed by atoms with Gasteiger partial charge in [-0.15, -0.1) is 0 Å². The molecule has 3 N–H and O–H groups in total. The zero-order valence-electron chi connectivity index (χ0n) is 10.1. The molecule has 0 aromatic carbocycles. The second kappa shape index (κ2) is 5.42. The van der Waals surface area contributed by atoms with Crippen LogP contribution in [-0.4, -0.2) is 27.2 Å². The maximum atomic E-state index is 10.9. The lowest BCUT2D eigenvalue weighted by Crippen LogP contribution is -2.13. The molecule has 0 radical (unpaired) electrons. The number of amides is 1. The number of hydrogen-bond donors (Lipinski definition) is 2. The van der Waals surface area contributed by atoms with E-state index >= 15 is 0 Å². The SMILES string of the molecule is CCNCc1ccc(-n2ccc(C(N)=O)n2)nc1. The van der Waals surface area contributed by atoms with E-state index in [-0.39, 0.29) is 5.69 Å². The summed E-state index contributed by atoms with van der Waals surface area (Å²) in [5.41, 5.74) is 6.47. The Balaban J connectivity index is 2.15. The Morgan fingerprint density at radius 3 is 2.83 bits per heavy atom. The molecule has 94 valence electrons. The number of pyridine rings is 1. The fourth-order valence-corrected chi connectivity index (χ4v) is 1.51. The highest BCUT2D eigenvalue weighted by molar-refractivity contribution is 5.90. The summed E-state index contributed by atoms with van der Waals surface area (Å²) in [5.74, 6) is 0.111. The van der Waals surface area contributed by atoms with Crippen molar-refractivity contribution in [2.75, 3.05) is 6.54 Å². The molecule has 18 heavy (non-hydrogen) atoms. The fourth-order valence-electron chi connectivity index (χ4n) is 1.51. The minimum absolute atomic E-state index is 0.230. The second-order valence-corrected chi connectivity index (χ2v) is 3.81. The quantitative estimate of drug-likeness (QED) is 0.802. The third kappa shape index (κ3) is 2.72. The molecule has 2 heterocycles. The first-order chi connectivity index (χ1) is 8.70. The van der Waals surface area contributed by atoms with Gasteiger partial charge in [-0.25, -0.2) is 9.67 Å². The zero-order chi connectivity index (χ0) is 13.0. The summed E-state index contributed by atoms with van der Waals surface area (Å²) in [6, 6.07) is 5.39. The van der Waals surface area contributed by atoms with Gasteiger partial charge in [0, 0.05) is 18.9 Å². The van der Waals surface area contributed by atoms with Crippen LogP contribution in [-0.2, 0) is 6.54 Å². The van der Waals surface area contributed by atoms with E-state index in [2.05, 4.69) is 22.3 Å². The molecule has 6 nitrogen and oxygen atoms in total. The number of primary amides is 1. The summed E-state index contributed by atoms with van der Waals surface area (Å²) in [5, 5.41) is 7.26. The Morgan fingerprint density at radius 2 is 2.28 bits per heavy atom. The third-order valence-electron chi connectivity index (χ3n) is 2.46. The van der Waals surface area contributed by atoms with E-state index in [1.807, 2.05) is 12.1 Å². The van der Waals surface area contributed by atoms with Crippen molar-refractivity contribution < 1.29 is 4.79 Å². The monoisotopic (exact) mass is 245 g/mol. The van der Waals surface area contributed by atoms with Gasteiger partial charge in [0.1, 0.15) is 5.69 Å². The number of rotatable bonds is 5. The van der Waals surface area contributed by atoms with E-state index in [1.54, 1.807) is 18.5 Å². The maximum Gasteiger partial charge on any atom is 0.269 e. The number of aromatic nitrogens is 3. The Kier molecular flexibility index (Phi) is 3.69. The van der Waals surface area contributed by atoms with Gasteiger partial charge in [-0.3, -0.25) is 4.79 Å². The third-order valence-corrected chi connectivity index (χ3v) is 2.46. The van der Waals surface area contributed by atoms with E-state index in [0.29, 0.717) is 5.82 Å². The fraction of sp³-hybridized carbons (Fsp3) is 0.250. The van der Waals surface area contributed by atoms with Crippen LogP contribution in [0, 0.1) is 0 Å². The molecular formula is C12H15N5O.